The van der Waals surface area contributed by atoms with Crippen LogP contribution in [0.25, 0.3) is 0 Å². The molecule has 0 aromatic carbocycles. The zero-order chi connectivity index (χ0) is 9.97. The quantitative estimate of drug-likeness (QED) is 0.783. The molecule has 2 atom stereocenters. The topological polar surface area (TPSA) is 49.9 Å². The van der Waals surface area contributed by atoms with E-state index in [1.165, 1.54) is 11.3 Å². The molecule has 2 N–H and O–H groups in total. The fourth-order valence-electron chi connectivity index (χ4n) is 1.75. The Morgan fingerprint density at radius 3 is 3.07 bits per heavy atom. The standard InChI is InChI=1S/C8H13N3OS2/c1-12-6-3-2-5(4-6)9-7-10-11-8(13)14-7/h5-6H,2-4H2,1H3,(H,9,10)(H,11,13). The first-order valence-electron chi connectivity index (χ1n) is 4.63. The van der Waals surface area contributed by atoms with Gasteiger partial charge in [0.1, 0.15) is 0 Å². The Kier molecular flexibility index (Phi) is 3.15. The average Bonchev–Trinajstić information content (AvgIpc) is 2.76. The molecule has 2 unspecified atom stereocenters. The van der Waals surface area contributed by atoms with Crippen LogP contribution in [0, 0.1) is 3.95 Å². The average molecular weight is 231 g/mol. The maximum absolute atomic E-state index is 5.30. The summed E-state index contributed by atoms with van der Waals surface area (Å²) in [5.74, 6) is 0. The van der Waals surface area contributed by atoms with E-state index in [1.54, 1.807) is 7.11 Å². The van der Waals surface area contributed by atoms with Crippen molar-refractivity contribution in [1.82, 2.24) is 10.2 Å². The predicted octanol–water partition coefficient (Wildman–Crippen LogP) is 2.18. The van der Waals surface area contributed by atoms with E-state index in [1.807, 2.05) is 0 Å². The van der Waals surface area contributed by atoms with Gasteiger partial charge in [-0.25, -0.2) is 0 Å². The van der Waals surface area contributed by atoms with E-state index in [0.29, 0.717) is 16.1 Å². The highest BCUT2D eigenvalue weighted by Crippen LogP contribution is 2.25. The van der Waals surface area contributed by atoms with E-state index < -0.39 is 0 Å². The van der Waals surface area contributed by atoms with Crippen LogP contribution < -0.4 is 5.32 Å². The molecule has 1 aliphatic rings. The van der Waals surface area contributed by atoms with Gasteiger partial charge >= 0.3 is 0 Å². The Morgan fingerprint density at radius 1 is 1.64 bits per heavy atom. The van der Waals surface area contributed by atoms with Crippen molar-refractivity contribution in [3.05, 3.63) is 3.95 Å². The Morgan fingerprint density at radius 2 is 2.50 bits per heavy atom. The maximum atomic E-state index is 5.30. The molecule has 1 heterocycles. The molecule has 14 heavy (non-hydrogen) atoms. The third-order valence-electron chi connectivity index (χ3n) is 2.48. The first-order chi connectivity index (χ1) is 6.78. The van der Waals surface area contributed by atoms with E-state index >= 15 is 0 Å². The summed E-state index contributed by atoms with van der Waals surface area (Å²) in [6.07, 6.45) is 3.73. The summed E-state index contributed by atoms with van der Waals surface area (Å²) >= 11 is 6.44. The zero-order valence-corrected chi connectivity index (χ0v) is 9.58. The van der Waals surface area contributed by atoms with Crippen molar-refractivity contribution in [3.8, 4) is 0 Å². The summed E-state index contributed by atoms with van der Waals surface area (Å²) in [5.41, 5.74) is 0. The number of H-pyrrole nitrogens is 1. The summed E-state index contributed by atoms with van der Waals surface area (Å²) < 4.78 is 6.02. The van der Waals surface area contributed by atoms with Crippen molar-refractivity contribution in [3.63, 3.8) is 0 Å². The number of hydrogen-bond acceptors (Lipinski definition) is 5. The minimum atomic E-state index is 0.402. The molecule has 6 heteroatoms. The predicted molar refractivity (Wildman–Crippen MR) is 59.4 cm³/mol. The fourth-order valence-corrected chi connectivity index (χ4v) is 2.62. The second kappa shape index (κ2) is 4.37. The van der Waals surface area contributed by atoms with E-state index in [4.69, 9.17) is 17.0 Å². The lowest BCUT2D eigenvalue weighted by Gasteiger charge is -2.10. The third kappa shape index (κ3) is 2.31. The van der Waals surface area contributed by atoms with Crippen molar-refractivity contribution in [2.75, 3.05) is 12.4 Å². The molecule has 0 saturated heterocycles. The fraction of sp³-hybridized carbons (Fsp3) is 0.750. The molecule has 1 fully saturated rings. The largest absolute Gasteiger partial charge is 0.381 e. The van der Waals surface area contributed by atoms with Gasteiger partial charge in [0.25, 0.3) is 0 Å². The second-order valence-corrected chi connectivity index (χ2v) is 5.10. The van der Waals surface area contributed by atoms with Gasteiger partial charge in [0.15, 0.2) is 3.95 Å². The van der Waals surface area contributed by atoms with E-state index in [2.05, 4.69) is 15.5 Å². The highest BCUT2D eigenvalue weighted by atomic mass is 32.1. The molecule has 0 bridgehead atoms. The van der Waals surface area contributed by atoms with Crippen LogP contribution in [-0.2, 0) is 4.74 Å². The van der Waals surface area contributed by atoms with Gasteiger partial charge in [-0.15, -0.1) is 5.10 Å². The summed E-state index contributed by atoms with van der Waals surface area (Å²) in [7, 11) is 1.77. The van der Waals surface area contributed by atoms with Crippen LogP contribution in [0.1, 0.15) is 19.3 Å². The monoisotopic (exact) mass is 231 g/mol. The van der Waals surface area contributed by atoms with Crippen LogP contribution in [0.2, 0.25) is 0 Å². The van der Waals surface area contributed by atoms with Crippen LogP contribution in [0.15, 0.2) is 0 Å². The minimum Gasteiger partial charge on any atom is -0.381 e. The van der Waals surface area contributed by atoms with Gasteiger partial charge in [0.05, 0.1) is 6.10 Å². The van der Waals surface area contributed by atoms with Gasteiger partial charge in [-0.1, -0.05) is 11.3 Å². The van der Waals surface area contributed by atoms with Crippen LogP contribution in [-0.4, -0.2) is 29.5 Å². The molecular formula is C8H13N3OS2. The van der Waals surface area contributed by atoms with E-state index in [0.717, 1.165) is 24.4 Å². The molecule has 1 aliphatic carbocycles. The summed E-state index contributed by atoms with van der Waals surface area (Å²) in [6, 6.07) is 0.480. The first kappa shape index (κ1) is 10.1. The molecule has 1 aromatic rings. The number of hydrogen-bond donors (Lipinski definition) is 2. The highest BCUT2D eigenvalue weighted by Gasteiger charge is 2.24. The molecule has 78 valence electrons. The minimum absolute atomic E-state index is 0.402. The van der Waals surface area contributed by atoms with Gasteiger partial charge in [-0.3, -0.25) is 5.10 Å². The number of nitrogens with zero attached hydrogens (tertiary/aromatic N) is 1. The summed E-state index contributed by atoms with van der Waals surface area (Å²) in [6.45, 7) is 0. The number of nitrogens with one attached hydrogen (secondary N) is 2. The lowest BCUT2D eigenvalue weighted by Crippen LogP contribution is -2.17. The molecule has 0 aliphatic heterocycles. The van der Waals surface area contributed by atoms with Crippen LogP contribution in [0.5, 0.6) is 0 Å². The maximum Gasteiger partial charge on any atom is 0.204 e. The van der Waals surface area contributed by atoms with Crippen molar-refractivity contribution in [2.24, 2.45) is 0 Å². The molecule has 0 amide bonds. The summed E-state index contributed by atoms with van der Waals surface area (Å²) in [4.78, 5) is 0. The van der Waals surface area contributed by atoms with Gasteiger partial charge < -0.3 is 10.1 Å². The smallest absolute Gasteiger partial charge is 0.204 e. The number of aromatic nitrogens is 2. The van der Waals surface area contributed by atoms with E-state index in [9.17, 15) is 0 Å². The van der Waals surface area contributed by atoms with Crippen molar-refractivity contribution < 1.29 is 4.74 Å². The van der Waals surface area contributed by atoms with Gasteiger partial charge in [0, 0.05) is 13.2 Å². The number of ether oxygens (including phenoxy) is 1. The van der Waals surface area contributed by atoms with Gasteiger partial charge in [-0.05, 0) is 31.5 Å². The van der Waals surface area contributed by atoms with Gasteiger partial charge in [0.2, 0.25) is 5.13 Å². The van der Waals surface area contributed by atoms with Crippen molar-refractivity contribution >= 4 is 28.7 Å². The SMILES string of the molecule is COC1CCC(Nc2n[nH]c(=S)s2)C1. The second-order valence-electron chi connectivity index (χ2n) is 3.43. The Bertz CT molecular complexity index is 348. The van der Waals surface area contributed by atoms with Crippen LogP contribution in [0.4, 0.5) is 5.13 Å². The highest BCUT2D eigenvalue weighted by molar-refractivity contribution is 7.73. The molecule has 4 nitrogen and oxygen atoms in total. The molecule has 2 rings (SSSR count). The number of aromatic amines is 1. The van der Waals surface area contributed by atoms with Crippen molar-refractivity contribution in [1.29, 1.82) is 0 Å². The van der Waals surface area contributed by atoms with Crippen molar-refractivity contribution in [2.45, 2.75) is 31.4 Å². The Labute approximate surface area is 91.7 Å². The molecule has 0 radical (unpaired) electrons. The number of methoxy groups -OCH3 is 1. The van der Waals surface area contributed by atoms with Crippen LogP contribution >= 0.6 is 23.6 Å². The normalized spacial score (nSPS) is 26.6. The van der Waals surface area contributed by atoms with Gasteiger partial charge in [-0.2, -0.15) is 0 Å². The molecule has 1 aromatic heterocycles. The number of anilines is 1. The Balaban J connectivity index is 1.90. The lowest BCUT2D eigenvalue weighted by molar-refractivity contribution is 0.108. The summed E-state index contributed by atoms with van der Waals surface area (Å²) in [5, 5.41) is 11.1. The zero-order valence-electron chi connectivity index (χ0n) is 7.95. The molecule has 0 spiro atoms. The molecule has 1 saturated carbocycles. The number of rotatable bonds is 3. The Hall–Kier alpha value is -0.460. The third-order valence-corrected chi connectivity index (χ3v) is 3.50. The lowest BCUT2D eigenvalue weighted by atomic mass is 10.2. The van der Waals surface area contributed by atoms with Crippen LogP contribution in [0.3, 0.4) is 0 Å². The first-order valence-corrected chi connectivity index (χ1v) is 5.85. The van der Waals surface area contributed by atoms with E-state index in [-0.39, 0.29) is 0 Å². The molecular weight excluding hydrogens is 218 g/mol.